The summed E-state index contributed by atoms with van der Waals surface area (Å²) in [6.07, 6.45) is 0. The largest absolute Gasteiger partial charge is 0.308 e. The Morgan fingerprint density at radius 2 is 0.919 bits per heavy atom. The van der Waals surface area contributed by atoms with Crippen LogP contribution in [0.3, 0.4) is 0 Å². The average molecular weight is 795 g/mol. The molecule has 0 atom stereocenters. The Morgan fingerprint density at radius 1 is 0.355 bits per heavy atom. The molecule has 1 heterocycles. The van der Waals surface area contributed by atoms with E-state index in [2.05, 4.69) is 244 Å². The number of hydrogen-bond acceptors (Lipinski definition) is 2. The van der Waals surface area contributed by atoms with Crippen LogP contribution in [0, 0.1) is 0 Å². The van der Waals surface area contributed by atoms with Crippen molar-refractivity contribution in [3.63, 3.8) is 0 Å². The summed E-state index contributed by atoms with van der Waals surface area (Å²) in [5.74, 6) is 0. The molecule has 0 spiro atoms. The van der Waals surface area contributed by atoms with E-state index in [0.717, 1.165) is 22.7 Å². The van der Waals surface area contributed by atoms with Crippen LogP contribution in [0.2, 0.25) is 0 Å². The number of benzene rings is 10. The van der Waals surface area contributed by atoms with Crippen LogP contribution in [-0.2, 0) is 10.8 Å². The fourth-order valence-electron chi connectivity index (χ4n) is 10.9. The second-order valence-electron chi connectivity index (χ2n) is 18.1. The Balaban J connectivity index is 1.18. The van der Waals surface area contributed by atoms with Gasteiger partial charge in [0.05, 0.1) is 28.4 Å². The molecular formula is C60H46N2. The molecule has 0 unspecified atom stereocenters. The van der Waals surface area contributed by atoms with Gasteiger partial charge in [-0.3, -0.25) is 0 Å². The first-order chi connectivity index (χ1) is 30.3. The van der Waals surface area contributed by atoms with Crippen LogP contribution in [0.15, 0.2) is 206 Å². The van der Waals surface area contributed by atoms with Crippen LogP contribution < -0.4 is 9.80 Å². The van der Waals surface area contributed by atoms with Crippen molar-refractivity contribution in [2.75, 3.05) is 9.80 Å². The molecule has 0 radical (unpaired) electrons. The molecule has 1 aliphatic heterocycles. The molecule has 0 amide bonds. The van der Waals surface area contributed by atoms with Crippen LogP contribution in [0.5, 0.6) is 0 Å². The zero-order valence-electron chi connectivity index (χ0n) is 35.5. The van der Waals surface area contributed by atoms with Gasteiger partial charge in [-0.25, -0.2) is 0 Å². The number of hydrogen-bond donors (Lipinski definition) is 0. The molecule has 0 saturated heterocycles. The van der Waals surface area contributed by atoms with E-state index in [1.807, 2.05) is 0 Å². The highest BCUT2D eigenvalue weighted by Gasteiger charge is 2.40. The summed E-state index contributed by atoms with van der Waals surface area (Å²) >= 11 is 0. The molecule has 296 valence electrons. The number of para-hydroxylation sites is 1. The van der Waals surface area contributed by atoms with Crippen LogP contribution in [-0.4, -0.2) is 0 Å². The van der Waals surface area contributed by atoms with Crippen molar-refractivity contribution in [1.29, 1.82) is 0 Å². The quantitative estimate of drug-likeness (QED) is 0.171. The SMILES string of the molecule is CC1(C)c2ccccc2-c2ccc(N(c3ccc4ccccc4c3N3c4ccccc4C(C)(C)c4ccc(-c5cccc6ccccc56)cc43)c3cccc4ccccc34)cc21. The first-order valence-electron chi connectivity index (χ1n) is 21.9. The highest BCUT2D eigenvalue weighted by atomic mass is 15.2. The molecule has 2 aliphatic rings. The Labute approximate surface area is 364 Å². The minimum Gasteiger partial charge on any atom is -0.308 e. The number of fused-ring (bicyclic) bond motifs is 8. The lowest BCUT2D eigenvalue weighted by Crippen LogP contribution is -2.31. The number of nitrogens with zero attached hydrogens (tertiary/aromatic N) is 2. The van der Waals surface area contributed by atoms with Gasteiger partial charge < -0.3 is 9.80 Å². The second kappa shape index (κ2) is 13.5. The summed E-state index contributed by atoms with van der Waals surface area (Å²) in [4.78, 5) is 5.13. The van der Waals surface area contributed by atoms with Gasteiger partial charge in [0.25, 0.3) is 0 Å². The van der Waals surface area contributed by atoms with Crippen molar-refractivity contribution in [2.24, 2.45) is 0 Å². The van der Waals surface area contributed by atoms with Gasteiger partial charge in [0, 0.05) is 27.3 Å². The standard InChI is InChI=1S/C60H46N2/c1-59(2)50-27-12-11-25-48(50)49-34-33-43(38-53(49)59)61(54-30-16-21-40-18-6-9-23-46(40)54)56-36-32-41-19-7-10-24-47(41)58(56)62-55-29-14-13-28-51(55)60(3,4)52-35-31-42(37-57(52)62)45-26-15-20-39-17-5-8-22-44(39)45/h5-38H,1-4H3. The minimum absolute atomic E-state index is 0.160. The monoisotopic (exact) mass is 794 g/mol. The second-order valence-corrected chi connectivity index (χ2v) is 18.1. The molecule has 12 rings (SSSR count). The van der Waals surface area contributed by atoms with Crippen molar-refractivity contribution >= 4 is 66.4 Å². The lowest BCUT2D eigenvalue weighted by Gasteiger charge is -2.44. The fourth-order valence-corrected chi connectivity index (χ4v) is 10.9. The average Bonchev–Trinajstić information content (AvgIpc) is 3.54. The molecule has 1 aliphatic carbocycles. The zero-order valence-corrected chi connectivity index (χ0v) is 35.5. The third-order valence-electron chi connectivity index (χ3n) is 14.0. The Kier molecular flexibility index (Phi) is 7.96. The summed E-state index contributed by atoms with van der Waals surface area (Å²) in [6.45, 7) is 9.52. The van der Waals surface area contributed by atoms with Crippen molar-refractivity contribution in [3.8, 4) is 22.3 Å². The van der Waals surface area contributed by atoms with Gasteiger partial charge in [0.2, 0.25) is 0 Å². The van der Waals surface area contributed by atoms with Gasteiger partial charge in [0.15, 0.2) is 0 Å². The molecule has 62 heavy (non-hydrogen) atoms. The van der Waals surface area contributed by atoms with Crippen LogP contribution in [0.4, 0.5) is 34.1 Å². The molecule has 0 aromatic heterocycles. The lowest BCUT2D eigenvalue weighted by atomic mass is 9.73. The van der Waals surface area contributed by atoms with E-state index in [0.29, 0.717) is 0 Å². The van der Waals surface area contributed by atoms with Gasteiger partial charge in [-0.15, -0.1) is 0 Å². The molecule has 2 heteroatoms. The molecule has 10 aromatic carbocycles. The van der Waals surface area contributed by atoms with Gasteiger partial charge in [-0.1, -0.05) is 198 Å². The maximum Gasteiger partial charge on any atom is 0.0781 e. The highest BCUT2D eigenvalue weighted by molar-refractivity contribution is 6.11. The molecule has 0 bridgehead atoms. The lowest BCUT2D eigenvalue weighted by molar-refractivity contribution is 0.632. The van der Waals surface area contributed by atoms with E-state index in [9.17, 15) is 0 Å². The molecule has 0 N–H and O–H groups in total. The van der Waals surface area contributed by atoms with Crippen LogP contribution in [0.1, 0.15) is 49.9 Å². The van der Waals surface area contributed by atoms with Crippen molar-refractivity contribution in [3.05, 3.63) is 229 Å². The molecular weight excluding hydrogens is 749 g/mol. The van der Waals surface area contributed by atoms with Crippen molar-refractivity contribution < 1.29 is 0 Å². The van der Waals surface area contributed by atoms with Crippen LogP contribution >= 0.6 is 0 Å². The Morgan fingerprint density at radius 3 is 1.73 bits per heavy atom. The minimum atomic E-state index is -0.250. The highest BCUT2D eigenvalue weighted by Crippen LogP contribution is 2.58. The maximum atomic E-state index is 2.59. The van der Waals surface area contributed by atoms with E-state index in [1.165, 1.54) is 88.2 Å². The van der Waals surface area contributed by atoms with E-state index in [-0.39, 0.29) is 10.8 Å². The Bertz CT molecular complexity index is 3430. The normalized spacial score (nSPS) is 14.4. The van der Waals surface area contributed by atoms with E-state index >= 15 is 0 Å². The van der Waals surface area contributed by atoms with Gasteiger partial charge in [0.1, 0.15) is 0 Å². The Hall–Kier alpha value is -7.42. The van der Waals surface area contributed by atoms with E-state index in [4.69, 9.17) is 0 Å². The molecule has 10 aromatic rings. The number of anilines is 6. The first kappa shape index (κ1) is 36.4. The van der Waals surface area contributed by atoms with Crippen molar-refractivity contribution in [1.82, 2.24) is 0 Å². The molecule has 2 nitrogen and oxygen atoms in total. The maximum absolute atomic E-state index is 2.59. The van der Waals surface area contributed by atoms with E-state index < -0.39 is 0 Å². The van der Waals surface area contributed by atoms with Gasteiger partial charge >= 0.3 is 0 Å². The third-order valence-corrected chi connectivity index (χ3v) is 14.0. The van der Waals surface area contributed by atoms with Crippen LogP contribution in [0.25, 0.3) is 54.6 Å². The topological polar surface area (TPSA) is 6.48 Å². The molecule has 0 saturated carbocycles. The van der Waals surface area contributed by atoms with E-state index in [1.54, 1.807) is 0 Å². The summed E-state index contributed by atoms with van der Waals surface area (Å²) in [6, 6.07) is 76.9. The third kappa shape index (κ3) is 5.29. The first-order valence-corrected chi connectivity index (χ1v) is 21.9. The predicted octanol–water partition coefficient (Wildman–Crippen LogP) is 16.7. The summed E-state index contributed by atoms with van der Waals surface area (Å²) < 4.78 is 0. The number of rotatable bonds is 5. The predicted molar refractivity (Wildman–Crippen MR) is 263 cm³/mol. The zero-order chi connectivity index (χ0) is 41.7. The van der Waals surface area contributed by atoms with Gasteiger partial charge in [-0.05, 0) is 102 Å². The fraction of sp³-hybridized carbons (Fsp3) is 0.100. The summed E-state index contributed by atoms with van der Waals surface area (Å²) in [5.41, 5.74) is 16.9. The van der Waals surface area contributed by atoms with Crippen molar-refractivity contribution in [2.45, 2.75) is 38.5 Å². The van der Waals surface area contributed by atoms with Gasteiger partial charge in [-0.2, -0.15) is 0 Å². The smallest absolute Gasteiger partial charge is 0.0781 e. The summed E-state index contributed by atoms with van der Waals surface area (Å²) in [7, 11) is 0. The summed E-state index contributed by atoms with van der Waals surface area (Å²) in [5, 5.41) is 7.31. The molecule has 0 fully saturated rings.